The van der Waals surface area contributed by atoms with E-state index in [0.717, 1.165) is 27.9 Å². The number of amides is 1. The molecule has 1 N–H and O–H groups in total. The van der Waals surface area contributed by atoms with E-state index in [-0.39, 0.29) is 17.3 Å². The van der Waals surface area contributed by atoms with Gasteiger partial charge in [-0.25, -0.2) is 13.4 Å². The van der Waals surface area contributed by atoms with Gasteiger partial charge in [0, 0.05) is 24.0 Å². The number of nitrogens with zero attached hydrogens (tertiary/aromatic N) is 2. The van der Waals surface area contributed by atoms with Crippen LogP contribution in [-0.2, 0) is 14.8 Å². The zero-order chi connectivity index (χ0) is 23.8. The van der Waals surface area contributed by atoms with Crippen molar-refractivity contribution in [3.8, 4) is 11.3 Å². The van der Waals surface area contributed by atoms with Gasteiger partial charge in [-0.15, -0.1) is 11.3 Å². The Morgan fingerprint density at radius 2 is 1.73 bits per heavy atom. The third-order valence-electron chi connectivity index (χ3n) is 6.08. The third-order valence-corrected chi connectivity index (χ3v) is 8.72. The minimum absolute atomic E-state index is 0.177. The van der Waals surface area contributed by atoms with Gasteiger partial charge in [0.25, 0.3) is 0 Å². The first-order valence-electron chi connectivity index (χ1n) is 11.1. The number of anilines is 1. The van der Waals surface area contributed by atoms with E-state index >= 15 is 0 Å². The molecule has 4 rings (SSSR count). The Kier molecular flexibility index (Phi) is 6.70. The van der Waals surface area contributed by atoms with Crippen LogP contribution in [0.15, 0.2) is 46.7 Å². The molecule has 0 aliphatic carbocycles. The van der Waals surface area contributed by atoms with Crippen LogP contribution in [0.25, 0.3) is 11.3 Å². The molecule has 2 aromatic carbocycles. The first kappa shape index (κ1) is 23.6. The van der Waals surface area contributed by atoms with Crippen LogP contribution in [0.2, 0.25) is 0 Å². The first-order chi connectivity index (χ1) is 15.6. The number of aromatic nitrogens is 1. The van der Waals surface area contributed by atoms with Crippen molar-refractivity contribution in [1.29, 1.82) is 0 Å². The van der Waals surface area contributed by atoms with E-state index in [0.29, 0.717) is 24.5 Å². The summed E-state index contributed by atoms with van der Waals surface area (Å²) in [4.78, 5) is 17.9. The summed E-state index contributed by atoms with van der Waals surface area (Å²) in [6.45, 7) is 8.73. The molecule has 1 atom stereocenters. The van der Waals surface area contributed by atoms with Crippen LogP contribution < -0.4 is 5.32 Å². The monoisotopic (exact) mass is 483 g/mol. The zero-order valence-corrected chi connectivity index (χ0v) is 21.0. The summed E-state index contributed by atoms with van der Waals surface area (Å²) in [7, 11) is -3.62. The normalized spacial score (nSPS) is 17.2. The van der Waals surface area contributed by atoms with Gasteiger partial charge in [-0.3, -0.25) is 4.79 Å². The summed E-state index contributed by atoms with van der Waals surface area (Å²) in [5.41, 5.74) is 6.45. The quantitative estimate of drug-likeness (QED) is 0.549. The first-order valence-corrected chi connectivity index (χ1v) is 13.4. The molecule has 0 bridgehead atoms. The highest BCUT2D eigenvalue weighted by Crippen LogP contribution is 2.32. The molecule has 8 heteroatoms. The molecule has 1 aliphatic rings. The van der Waals surface area contributed by atoms with E-state index in [9.17, 15) is 13.2 Å². The van der Waals surface area contributed by atoms with Crippen molar-refractivity contribution < 1.29 is 13.2 Å². The summed E-state index contributed by atoms with van der Waals surface area (Å²) in [6.07, 6.45) is 1.30. The summed E-state index contributed by atoms with van der Waals surface area (Å²) in [5.74, 6) is -0.591. The lowest BCUT2D eigenvalue weighted by Gasteiger charge is -2.31. The number of hydrogen-bond acceptors (Lipinski definition) is 5. The third kappa shape index (κ3) is 5.03. The topological polar surface area (TPSA) is 79.4 Å². The maximum atomic E-state index is 13.1. The van der Waals surface area contributed by atoms with Crippen molar-refractivity contribution in [2.75, 3.05) is 18.4 Å². The molecule has 1 saturated heterocycles. The second-order valence-electron chi connectivity index (χ2n) is 8.82. The minimum atomic E-state index is -3.62. The van der Waals surface area contributed by atoms with E-state index in [4.69, 9.17) is 0 Å². The highest BCUT2D eigenvalue weighted by molar-refractivity contribution is 7.89. The second-order valence-corrected chi connectivity index (χ2v) is 11.6. The molecule has 0 radical (unpaired) electrons. The Hall–Kier alpha value is -2.55. The molecule has 1 amide bonds. The SMILES string of the molecule is Cc1ccc(S(=O)(=O)N2CCCC(C(=O)Nc3nc(-c4c(C)cc(C)cc4C)cs3)C2)cc1. The lowest BCUT2D eigenvalue weighted by atomic mass is 9.98. The predicted molar refractivity (Wildman–Crippen MR) is 133 cm³/mol. The Morgan fingerprint density at radius 3 is 2.39 bits per heavy atom. The second kappa shape index (κ2) is 9.37. The zero-order valence-electron chi connectivity index (χ0n) is 19.4. The molecule has 33 heavy (non-hydrogen) atoms. The van der Waals surface area contributed by atoms with E-state index in [2.05, 4.69) is 43.2 Å². The van der Waals surface area contributed by atoms with Crippen LogP contribution in [0.3, 0.4) is 0 Å². The van der Waals surface area contributed by atoms with Crippen molar-refractivity contribution in [1.82, 2.24) is 9.29 Å². The summed E-state index contributed by atoms with van der Waals surface area (Å²) in [5, 5.41) is 5.41. The van der Waals surface area contributed by atoms with Crippen molar-refractivity contribution in [3.05, 3.63) is 64.0 Å². The number of carbonyl (C=O) groups is 1. The predicted octanol–water partition coefficient (Wildman–Crippen LogP) is 5.08. The molecule has 0 saturated carbocycles. The molecule has 2 heterocycles. The highest BCUT2D eigenvalue weighted by Gasteiger charge is 2.33. The van der Waals surface area contributed by atoms with Crippen LogP contribution in [0.4, 0.5) is 5.13 Å². The fraction of sp³-hybridized carbons (Fsp3) is 0.360. The van der Waals surface area contributed by atoms with Gasteiger partial charge in [-0.1, -0.05) is 35.4 Å². The number of sulfonamides is 1. The Labute approximate surface area is 199 Å². The van der Waals surface area contributed by atoms with Crippen molar-refractivity contribution in [2.24, 2.45) is 5.92 Å². The molecule has 6 nitrogen and oxygen atoms in total. The molecule has 1 fully saturated rings. The number of nitrogens with one attached hydrogen (secondary N) is 1. The number of benzene rings is 2. The molecule has 3 aromatic rings. The Morgan fingerprint density at radius 1 is 1.06 bits per heavy atom. The lowest BCUT2D eigenvalue weighted by Crippen LogP contribution is -2.43. The van der Waals surface area contributed by atoms with Gasteiger partial charge in [-0.2, -0.15) is 4.31 Å². The molecule has 0 spiro atoms. The number of piperidine rings is 1. The summed E-state index contributed by atoms with van der Waals surface area (Å²) < 4.78 is 27.5. The van der Waals surface area contributed by atoms with Crippen LogP contribution in [0, 0.1) is 33.6 Å². The Bertz CT molecular complexity index is 1260. The van der Waals surface area contributed by atoms with Crippen LogP contribution in [0.1, 0.15) is 35.1 Å². The van der Waals surface area contributed by atoms with Gasteiger partial charge in [0.05, 0.1) is 16.5 Å². The average Bonchev–Trinajstić information content (AvgIpc) is 3.21. The molecule has 1 unspecified atom stereocenters. The number of rotatable bonds is 5. The number of hydrogen-bond donors (Lipinski definition) is 1. The lowest BCUT2D eigenvalue weighted by molar-refractivity contribution is -0.120. The van der Waals surface area contributed by atoms with Crippen LogP contribution in [0.5, 0.6) is 0 Å². The van der Waals surface area contributed by atoms with Crippen molar-refractivity contribution in [3.63, 3.8) is 0 Å². The summed E-state index contributed by atoms with van der Waals surface area (Å²) >= 11 is 1.39. The number of thiazole rings is 1. The van der Waals surface area contributed by atoms with E-state index in [1.807, 2.05) is 12.3 Å². The van der Waals surface area contributed by atoms with Crippen LogP contribution in [-0.4, -0.2) is 36.7 Å². The fourth-order valence-electron chi connectivity index (χ4n) is 4.47. The maximum Gasteiger partial charge on any atom is 0.243 e. The van der Waals surface area contributed by atoms with Gasteiger partial charge < -0.3 is 5.32 Å². The van der Waals surface area contributed by atoms with E-state index in [1.165, 1.54) is 21.2 Å². The van der Waals surface area contributed by atoms with E-state index < -0.39 is 15.9 Å². The molecule has 1 aliphatic heterocycles. The molecular weight excluding hydrogens is 454 g/mol. The highest BCUT2D eigenvalue weighted by atomic mass is 32.2. The number of aryl methyl sites for hydroxylation is 4. The van der Waals surface area contributed by atoms with Gasteiger partial charge in [0.15, 0.2) is 5.13 Å². The van der Waals surface area contributed by atoms with E-state index in [1.54, 1.807) is 24.3 Å². The fourth-order valence-corrected chi connectivity index (χ4v) is 6.70. The van der Waals surface area contributed by atoms with Crippen LogP contribution >= 0.6 is 11.3 Å². The Balaban J connectivity index is 1.47. The average molecular weight is 484 g/mol. The molecule has 174 valence electrons. The minimum Gasteiger partial charge on any atom is -0.302 e. The van der Waals surface area contributed by atoms with Crippen molar-refractivity contribution >= 4 is 32.4 Å². The van der Waals surface area contributed by atoms with Gasteiger partial charge in [-0.05, 0) is 63.8 Å². The van der Waals surface area contributed by atoms with Crippen molar-refractivity contribution in [2.45, 2.75) is 45.4 Å². The smallest absolute Gasteiger partial charge is 0.243 e. The molecular formula is C25H29N3O3S2. The van der Waals surface area contributed by atoms with Gasteiger partial charge >= 0.3 is 0 Å². The summed E-state index contributed by atoms with van der Waals surface area (Å²) in [6, 6.07) is 11.1. The van der Waals surface area contributed by atoms with Gasteiger partial charge in [0.2, 0.25) is 15.9 Å². The van der Waals surface area contributed by atoms with Gasteiger partial charge in [0.1, 0.15) is 0 Å². The standard InChI is InChI=1S/C25H29N3O3S2/c1-16-7-9-21(10-8-16)33(30,31)28-11-5-6-20(14-28)24(29)27-25-26-22(15-32-25)23-18(3)12-17(2)13-19(23)4/h7-10,12-13,15,20H,5-6,11,14H2,1-4H3,(H,26,27,29). The largest absolute Gasteiger partial charge is 0.302 e. The maximum absolute atomic E-state index is 13.1. The number of carbonyl (C=O) groups excluding carboxylic acids is 1. The molecule has 1 aromatic heterocycles.